The molecule has 0 atom stereocenters. The molecule has 1 aromatic rings. The van der Waals surface area contributed by atoms with Gasteiger partial charge in [0.15, 0.2) is 0 Å². The Morgan fingerprint density at radius 3 is 2.06 bits per heavy atom. The molecule has 3 nitrogen and oxygen atoms in total. The molecule has 7 heteroatoms. The van der Waals surface area contributed by atoms with Crippen LogP contribution < -0.4 is 0 Å². The summed E-state index contributed by atoms with van der Waals surface area (Å²) < 4.78 is 26.2. The number of halogens is 3. The van der Waals surface area contributed by atoms with E-state index in [4.69, 9.17) is 34.8 Å². The summed E-state index contributed by atoms with van der Waals surface area (Å²) in [5.41, 5.74) is 0. The average Bonchev–Trinajstić information content (AvgIpc) is 2.28. The van der Waals surface area contributed by atoms with E-state index in [0.717, 1.165) is 0 Å². The van der Waals surface area contributed by atoms with Crippen molar-refractivity contribution >= 4 is 44.8 Å². The Kier molecular flexibility index (Phi) is 4.44. The first kappa shape index (κ1) is 14.4. The van der Waals surface area contributed by atoms with Crippen LogP contribution in [-0.4, -0.2) is 31.2 Å². The van der Waals surface area contributed by atoms with Crippen LogP contribution in [0.1, 0.15) is 12.8 Å². The van der Waals surface area contributed by atoms with Crippen molar-refractivity contribution in [2.24, 2.45) is 0 Å². The maximum atomic E-state index is 12.4. The van der Waals surface area contributed by atoms with Crippen molar-refractivity contribution in [3.63, 3.8) is 0 Å². The van der Waals surface area contributed by atoms with Crippen molar-refractivity contribution in [3.05, 3.63) is 28.2 Å². The lowest BCUT2D eigenvalue weighted by molar-refractivity contribution is 0.350. The Labute approximate surface area is 122 Å². The Bertz CT molecular complexity index is 519. The van der Waals surface area contributed by atoms with Gasteiger partial charge in [-0.25, -0.2) is 8.42 Å². The van der Waals surface area contributed by atoms with E-state index in [1.54, 1.807) is 0 Å². The SMILES string of the molecule is O=S(=O)(c1cc(Cl)cc(Cl)c1)N1CCC(Cl)CC1. The molecule has 0 saturated carbocycles. The lowest BCUT2D eigenvalue weighted by Gasteiger charge is -2.28. The largest absolute Gasteiger partial charge is 0.243 e. The normalized spacial score (nSPS) is 19.1. The van der Waals surface area contributed by atoms with Gasteiger partial charge in [0.05, 0.1) is 4.90 Å². The summed E-state index contributed by atoms with van der Waals surface area (Å²) in [6.45, 7) is 0.862. The van der Waals surface area contributed by atoms with E-state index in [9.17, 15) is 8.42 Å². The molecule has 1 aliphatic heterocycles. The van der Waals surface area contributed by atoms with Crippen molar-refractivity contribution in [3.8, 4) is 0 Å². The maximum Gasteiger partial charge on any atom is 0.243 e. The second-order valence-corrected chi connectivity index (χ2v) is 7.61. The van der Waals surface area contributed by atoms with Crippen molar-refractivity contribution < 1.29 is 8.42 Å². The van der Waals surface area contributed by atoms with Crippen LogP contribution in [0.5, 0.6) is 0 Å². The summed E-state index contributed by atoms with van der Waals surface area (Å²) in [4.78, 5) is 0.132. The van der Waals surface area contributed by atoms with Gasteiger partial charge in [0.2, 0.25) is 10.0 Å². The standard InChI is InChI=1S/C11H12Cl3NO2S/c12-8-1-3-15(4-2-8)18(16,17)11-6-9(13)5-10(14)7-11/h5-8H,1-4H2. The molecule has 0 unspecified atom stereocenters. The number of piperidine rings is 1. The first-order chi connectivity index (χ1) is 8.39. The zero-order valence-corrected chi connectivity index (χ0v) is 12.5. The van der Waals surface area contributed by atoms with Crippen LogP contribution in [0, 0.1) is 0 Å². The van der Waals surface area contributed by atoms with Gasteiger partial charge >= 0.3 is 0 Å². The Balaban J connectivity index is 2.30. The number of benzene rings is 1. The minimum Gasteiger partial charge on any atom is -0.207 e. The summed E-state index contributed by atoms with van der Waals surface area (Å²) in [7, 11) is -3.52. The molecule has 1 aromatic carbocycles. The van der Waals surface area contributed by atoms with Gasteiger partial charge in [-0.15, -0.1) is 11.6 Å². The van der Waals surface area contributed by atoms with E-state index in [1.807, 2.05) is 0 Å². The van der Waals surface area contributed by atoms with Crippen LogP contribution in [0.15, 0.2) is 23.1 Å². The first-order valence-corrected chi connectivity index (χ1v) is 8.13. The molecular weight excluding hydrogens is 317 g/mol. The molecule has 0 aromatic heterocycles. The van der Waals surface area contributed by atoms with Gasteiger partial charge < -0.3 is 0 Å². The molecule has 0 aliphatic carbocycles. The van der Waals surface area contributed by atoms with E-state index in [-0.39, 0.29) is 10.3 Å². The van der Waals surface area contributed by atoms with Gasteiger partial charge in [0, 0.05) is 28.5 Å². The number of sulfonamides is 1. The molecule has 0 spiro atoms. The smallest absolute Gasteiger partial charge is 0.207 e. The van der Waals surface area contributed by atoms with Crippen LogP contribution in [0.25, 0.3) is 0 Å². The highest BCUT2D eigenvalue weighted by Crippen LogP contribution is 2.27. The van der Waals surface area contributed by atoms with Crippen LogP contribution in [0.4, 0.5) is 0 Å². The summed E-state index contributed by atoms with van der Waals surface area (Å²) in [5, 5.41) is 0.681. The fraction of sp³-hybridized carbons (Fsp3) is 0.455. The van der Waals surface area contributed by atoms with Crippen molar-refractivity contribution in [2.75, 3.05) is 13.1 Å². The zero-order chi connectivity index (χ0) is 13.3. The minimum absolute atomic E-state index is 0.0550. The summed E-state index contributed by atoms with van der Waals surface area (Å²) in [6, 6.07) is 4.33. The Morgan fingerprint density at radius 2 is 1.56 bits per heavy atom. The third-order valence-electron chi connectivity index (χ3n) is 2.86. The van der Waals surface area contributed by atoms with Crippen molar-refractivity contribution in [1.29, 1.82) is 0 Å². The molecule has 2 rings (SSSR count). The summed E-state index contributed by atoms with van der Waals surface area (Å²) in [6.07, 6.45) is 1.32. The third kappa shape index (κ3) is 3.11. The van der Waals surface area contributed by atoms with Crippen molar-refractivity contribution in [1.82, 2.24) is 4.31 Å². The molecule has 1 saturated heterocycles. The molecule has 1 aliphatic rings. The summed E-state index contributed by atoms with van der Waals surface area (Å²) in [5.74, 6) is 0. The average molecular weight is 329 g/mol. The molecular formula is C11H12Cl3NO2S. The predicted molar refractivity (Wildman–Crippen MR) is 74.1 cm³/mol. The number of rotatable bonds is 2. The van der Waals surface area contributed by atoms with Gasteiger partial charge in [-0.2, -0.15) is 4.31 Å². The van der Waals surface area contributed by atoms with Gasteiger partial charge in [-0.3, -0.25) is 0 Å². The lowest BCUT2D eigenvalue weighted by Crippen LogP contribution is -2.38. The molecule has 1 fully saturated rings. The molecule has 0 bridgehead atoms. The fourth-order valence-electron chi connectivity index (χ4n) is 1.89. The Hall–Kier alpha value is -0.000000000000000111. The Morgan fingerprint density at radius 1 is 1.06 bits per heavy atom. The number of nitrogens with zero attached hydrogens (tertiary/aromatic N) is 1. The number of hydrogen-bond acceptors (Lipinski definition) is 2. The highest BCUT2D eigenvalue weighted by atomic mass is 35.5. The third-order valence-corrected chi connectivity index (χ3v) is 5.61. The van der Waals surface area contributed by atoms with E-state index in [0.29, 0.717) is 36.0 Å². The monoisotopic (exact) mass is 327 g/mol. The second-order valence-electron chi connectivity index (χ2n) is 4.18. The van der Waals surface area contributed by atoms with Gasteiger partial charge in [-0.05, 0) is 31.0 Å². The molecule has 0 radical (unpaired) electrons. The van der Waals surface area contributed by atoms with Gasteiger partial charge in [0.25, 0.3) is 0 Å². The quantitative estimate of drug-likeness (QED) is 0.780. The van der Waals surface area contributed by atoms with Crippen LogP contribution in [0.3, 0.4) is 0 Å². The molecule has 18 heavy (non-hydrogen) atoms. The number of hydrogen-bond donors (Lipinski definition) is 0. The highest BCUT2D eigenvalue weighted by Gasteiger charge is 2.29. The molecule has 0 amide bonds. The minimum atomic E-state index is -3.52. The van der Waals surface area contributed by atoms with Crippen molar-refractivity contribution in [2.45, 2.75) is 23.1 Å². The first-order valence-electron chi connectivity index (χ1n) is 5.50. The van der Waals surface area contributed by atoms with E-state index in [2.05, 4.69) is 0 Å². The number of alkyl halides is 1. The van der Waals surface area contributed by atoms with E-state index < -0.39 is 10.0 Å². The molecule has 0 N–H and O–H groups in total. The molecule has 100 valence electrons. The topological polar surface area (TPSA) is 37.4 Å². The van der Waals surface area contributed by atoms with Crippen LogP contribution >= 0.6 is 34.8 Å². The molecule has 1 heterocycles. The zero-order valence-electron chi connectivity index (χ0n) is 9.44. The predicted octanol–water partition coefficient (Wildman–Crippen LogP) is 3.39. The maximum absolute atomic E-state index is 12.4. The fourth-order valence-corrected chi connectivity index (χ4v) is 4.28. The summed E-state index contributed by atoms with van der Waals surface area (Å²) >= 11 is 17.6. The van der Waals surface area contributed by atoms with E-state index in [1.165, 1.54) is 22.5 Å². The van der Waals surface area contributed by atoms with E-state index >= 15 is 0 Å². The highest BCUT2D eigenvalue weighted by molar-refractivity contribution is 7.89. The van der Waals surface area contributed by atoms with Gasteiger partial charge in [-0.1, -0.05) is 23.2 Å². The van der Waals surface area contributed by atoms with Crippen LogP contribution in [-0.2, 0) is 10.0 Å². The van der Waals surface area contributed by atoms with Crippen LogP contribution in [0.2, 0.25) is 10.0 Å². The van der Waals surface area contributed by atoms with Gasteiger partial charge in [0.1, 0.15) is 0 Å². The lowest BCUT2D eigenvalue weighted by atomic mass is 10.2. The second kappa shape index (κ2) is 5.55.